The van der Waals surface area contributed by atoms with Crippen LogP contribution in [0.15, 0.2) is 40.1 Å². The van der Waals surface area contributed by atoms with Gasteiger partial charge in [0, 0.05) is 51.6 Å². The topological polar surface area (TPSA) is 72.2 Å². The summed E-state index contributed by atoms with van der Waals surface area (Å²) in [5, 5.41) is 14.8. The van der Waals surface area contributed by atoms with Gasteiger partial charge in [0.05, 0.1) is 11.3 Å². The molecule has 1 aromatic carbocycles. The third-order valence-corrected chi connectivity index (χ3v) is 6.45. The fourth-order valence-corrected chi connectivity index (χ4v) is 5.38. The van der Waals surface area contributed by atoms with Gasteiger partial charge in [-0.15, -0.1) is 11.8 Å². The number of nitrogens with one attached hydrogen (secondary N) is 1. The van der Waals surface area contributed by atoms with Crippen molar-refractivity contribution in [3.8, 4) is 0 Å². The van der Waals surface area contributed by atoms with Crippen LogP contribution in [0.2, 0.25) is 0 Å². The Bertz CT molecular complexity index is 937. The van der Waals surface area contributed by atoms with Crippen LogP contribution in [-0.2, 0) is 11.2 Å². The number of carbonyl (C=O) groups is 1. The maximum Gasteiger partial charge on any atom is 0.393 e. The number of allylic oxidation sites excluding steroid dienone is 4. The number of nitrogens with zero attached hydrogens (tertiary/aromatic N) is 1. The Labute approximate surface area is 163 Å². The van der Waals surface area contributed by atoms with Crippen LogP contribution >= 0.6 is 11.8 Å². The van der Waals surface area contributed by atoms with Crippen LogP contribution in [0.1, 0.15) is 42.7 Å². The molecular weight excluding hydrogens is 393 g/mol. The summed E-state index contributed by atoms with van der Waals surface area (Å²) in [6.07, 6.45) is -3.18. The molecule has 2 heterocycles. The molecule has 1 aliphatic carbocycles. The Morgan fingerprint density at radius 3 is 2.71 bits per heavy atom. The summed E-state index contributed by atoms with van der Waals surface area (Å²) in [6.45, 7) is 0. The maximum absolute atomic E-state index is 12.8. The van der Waals surface area contributed by atoms with Gasteiger partial charge < -0.3 is 5.32 Å². The highest BCUT2D eigenvalue weighted by Gasteiger charge is 2.39. The van der Waals surface area contributed by atoms with E-state index in [4.69, 9.17) is 0 Å². The number of halogens is 3. The van der Waals surface area contributed by atoms with E-state index in [0.29, 0.717) is 17.6 Å². The normalized spacial score (nSPS) is 22.1. The van der Waals surface area contributed by atoms with Crippen molar-refractivity contribution in [2.75, 3.05) is 5.75 Å². The van der Waals surface area contributed by atoms with Crippen molar-refractivity contribution in [1.29, 1.82) is 0 Å². The number of alkyl halides is 3. The van der Waals surface area contributed by atoms with Gasteiger partial charge >= 0.3 is 6.18 Å². The predicted molar refractivity (Wildman–Crippen MR) is 98.7 cm³/mol. The number of ketones is 1. The van der Waals surface area contributed by atoms with E-state index < -0.39 is 29.1 Å². The van der Waals surface area contributed by atoms with E-state index in [2.05, 4.69) is 5.32 Å². The minimum Gasteiger partial charge on any atom is -0.361 e. The first kappa shape index (κ1) is 19.0. The zero-order valence-electron chi connectivity index (χ0n) is 14.8. The summed E-state index contributed by atoms with van der Waals surface area (Å²) in [5.74, 6) is 0.405. The largest absolute Gasteiger partial charge is 0.393 e. The molecule has 9 heteroatoms. The molecule has 0 radical (unpaired) electrons. The smallest absolute Gasteiger partial charge is 0.361 e. The third kappa shape index (κ3) is 3.43. The molecule has 1 atom stereocenters. The molecule has 0 saturated carbocycles. The van der Waals surface area contributed by atoms with Crippen molar-refractivity contribution in [2.24, 2.45) is 0 Å². The molecule has 0 amide bonds. The molecule has 0 fully saturated rings. The van der Waals surface area contributed by atoms with E-state index in [1.165, 1.54) is 18.2 Å². The zero-order valence-corrected chi connectivity index (χ0v) is 15.6. The minimum absolute atomic E-state index is 0.000166. The van der Waals surface area contributed by atoms with Crippen LogP contribution in [0.3, 0.4) is 0 Å². The van der Waals surface area contributed by atoms with Crippen LogP contribution in [0.5, 0.6) is 0 Å². The van der Waals surface area contributed by atoms with Crippen molar-refractivity contribution >= 4 is 23.2 Å². The average Bonchev–Trinajstić information content (AvgIpc) is 3.07. The van der Waals surface area contributed by atoms with Crippen LogP contribution in [0.25, 0.3) is 0 Å². The molecule has 0 aromatic heterocycles. The molecule has 28 heavy (non-hydrogen) atoms. The van der Waals surface area contributed by atoms with Crippen LogP contribution in [0.4, 0.5) is 18.9 Å². The van der Waals surface area contributed by atoms with E-state index >= 15 is 0 Å². The lowest BCUT2D eigenvalue weighted by atomic mass is 9.79. The molecule has 3 aliphatic rings. The highest BCUT2D eigenvalue weighted by molar-refractivity contribution is 8.03. The highest BCUT2D eigenvalue weighted by Crippen LogP contribution is 2.50. The number of Topliss-reactive ketones (excluding diaryl/α,β-unsaturated/α-hetero) is 1. The Hall–Kier alpha value is -2.29. The summed E-state index contributed by atoms with van der Waals surface area (Å²) < 4.78 is 38.4. The molecule has 1 N–H and O–H groups in total. The fourth-order valence-electron chi connectivity index (χ4n) is 4.11. The van der Waals surface area contributed by atoms with Crippen molar-refractivity contribution < 1.29 is 22.9 Å². The summed E-state index contributed by atoms with van der Waals surface area (Å²) in [7, 11) is 0. The summed E-state index contributed by atoms with van der Waals surface area (Å²) in [5.41, 5.74) is 2.06. The van der Waals surface area contributed by atoms with Crippen molar-refractivity contribution in [3.63, 3.8) is 0 Å². The molecular formula is C19H17F3N2O3S. The number of dihydropyridines is 1. The number of nitro groups is 1. The van der Waals surface area contributed by atoms with Gasteiger partial charge in [-0.3, -0.25) is 14.9 Å². The van der Waals surface area contributed by atoms with Gasteiger partial charge in [-0.2, -0.15) is 13.2 Å². The summed E-state index contributed by atoms with van der Waals surface area (Å²) in [4.78, 5) is 24.3. The van der Waals surface area contributed by atoms with E-state index in [1.807, 2.05) is 0 Å². The van der Waals surface area contributed by atoms with Gasteiger partial charge in [-0.25, -0.2) is 0 Å². The number of nitro benzene ring substituents is 1. The van der Waals surface area contributed by atoms with Gasteiger partial charge in [0.25, 0.3) is 5.69 Å². The van der Waals surface area contributed by atoms with Crippen molar-refractivity contribution in [2.45, 2.75) is 44.2 Å². The molecule has 0 bridgehead atoms. The second-order valence-corrected chi connectivity index (χ2v) is 8.24. The SMILES string of the molecule is O=C1CCCC2=C1C(c1ccc(CC(F)(F)F)c([N+](=O)[O-])c1)C1=C(CCS1)N2. The lowest BCUT2D eigenvalue weighted by Crippen LogP contribution is -2.30. The quantitative estimate of drug-likeness (QED) is 0.576. The second kappa shape index (κ2) is 6.95. The van der Waals surface area contributed by atoms with Gasteiger partial charge in [0.2, 0.25) is 0 Å². The van der Waals surface area contributed by atoms with Crippen molar-refractivity contribution in [1.82, 2.24) is 5.32 Å². The average molecular weight is 410 g/mol. The number of hydrogen-bond acceptors (Lipinski definition) is 5. The number of carbonyl (C=O) groups excluding carboxylic acids is 1. The second-order valence-electron chi connectivity index (χ2n) is 7.11. The Balaban J connectivity index is 1.82. The van der Waals surface area contributed by atoms with E-state index in [-0.39, 0.29) is 11.3 Å². The number of rotatable bonds is 3. The fraction of sp³-hybridized carbons (Fsp3) is 0.421. The number of benzene rings is 1. The molecule has 0 saturated heterocycles. The molecule has 5 nitrogen and oxygen atoms in total. The van der Waals surface area contributed by atoms with E-state index in [0.717, 1.165) is 41.3 Å². The zero-order chi connectivity index (χ0) is 20.1. The minimum atomic E-state index is -4.53. The standard InChI is InChI=1S/C19H17F3N2O3S/c20-19(21,22)9-11-5-4-10(8-14(11)24(26)27)16-17-12(2-1-3-15(17)25)23-13-6-7-28-18(13)16/h4-5,8,16,23H,1-3,6-7,9H2. The molecule has 0 spiro atoms. The lowest BCUT2D eigenvalue weighted by Gasteiger charge is -2.33. The van der Waals surface area contributed by atoms with Gasteiger partial charge in [0.1, 0.15) is 0 Å². The number of hydrogen-bond donors (Lipinski definition) is 1. The van der Waals surface area contributed by atoms with E-state index in [9.17, 15) is 28.1 Å². The first-order chi connectivity index (χ1) is 13.2. The molecule has 2 aliphatic heterocycles. The Morgan fingerprint density at radius 1 is 1.21 bits per heavy atom. The summed E-state index contributed by atoms with van der Waals surface area (Å²) >= 11 is 1.60. The van der Waals surface area contributed by atoms with Gasteiger partial charge in [-0.05, 0) is 24.8 Å². The predicted octanol–water partition coefficient (Wildman–Crippen LogP) is 4.74. The summed E-state index contributed by atoms with van der Waals surface area (Å²) in [6, 6.07) is 3.89. The molecule has 1 aromatic rings. The maximum atomic E-state index is 12.8. The number of thioether (sulfide) groups is 1. The van der Waals surface area contributed by atoms with Gasteiger partial charge in [0.15, 0.2) is 5.78 Å². The third-order valence-electron chi connectivity index (χ3n) is 5.25. The lowest BCUT2D eigenvalue weighted by molar-refractivity contribution is -0.386. The first-order valence-corrected chi connectivity index (χ1v) is 9.96. The van der Waals surface area contributed by atoms with Crippen molar-refractivity contribution in [3.05, 3.63) is 61.3 Å². The first-order valence-electron chi connectivity index (χ1n) is 8.97. The highest BCUT2D eigenvalue weighted by atomic mass is 32.2. The Morgan fingerprint density at radius 2 is 2.00 bits per heavy atom. The van der Waals surface area contributed by atoms with E-state index in [1.54, 1.807) is 11.8 Å². The van der Waals surface area contributed by atoms with Crippen LogP contribution in [-0.4, -0.2) is 22.6 Å². The van der Waals surface area contributed by atoms with Crippen LogP contribution in [0, 0.1) is 10.1 Å². The van der Waals surface area contributed by atoms with Crippen LogP contribution < -0.4 is 5.32 Å². The molecule has 4 rings (SSSR count). The molecule has 148 valence electrons. The monoisotopic (exact) mass is 410 g/mol. The Kier molecular flexibility index (Phi) is 4.73. The van der Waals surface area contributed by atoms with Gasteiger partial charge in [-0.1, -0.05) is 12.1 Å². The molecule has 1 unspecified atom stereocenters.